The molecule has 0 aliphatic rings. The molecule has 1 aromatic rings. The number of aryl methyl sites for hydroxylation is 1. The predicted molar refractivity (Wildman–Crippen MR) is 67.4 cm³/mol. The van der Waals surface area contributed by atoms with Gasteiger partial charge >= 0.3 is 0 Å². The first kappa shape index (κ1) is 14.0. The van der Waals surface area contributed by atoms with Gasteiger partial charge in [-0.25, -0.2) is 0 Å². The van der Waals surface area contributed by atoms with E-state index in [-0.39, 0.29) is 6.10 Å². The summed E-state index contributed by atoms with van der Waals surface area (Å²) in [6, 6.07) is 0. The molecule has 1 N–H and O–H groups in total. The topological polar surface area (TPSA) is 48.3 Å². The number of rotatable bonds is 9. The molecule has 0 saturated carbocycles. The second kappa shape index (κ2) is 8.08. The summed E-state index contributed by atoms with van der Waals surface area (Å²) in [6.07, 6.45) is 4.78. The third-order valence-corrected chi connectivity index (χ3v) is 2.34. The average molecular weight is 241 g/mol. The summed E-state index contributed by atoms with van der Waals surface area (Å²) in [7, 11) is 1.68. The van der Waals surface area contributed by atoms with E-state index in [1.165, 1.54) is 0 Å². The quantitative estimate of drug-likeness (QED) is 0.708. The lowest BCUT2D eigenvalue weighted by atomic mass is 10.3. The molecule has 1 rings (SSSR count). The Morgan fingerprint density at radius 2 is 2.29 bits per heavy atom. The van der Waals surface area contributed by atoms with Crippen LogP contribution in [0.5, 0.6) is 5.75 Å². The Balaban J connectivity index is 2.46. The third kappa shape index (κ3) is 5.19. The Kier molecular flexibility index (Phi) is 6.65. The van der Waals surface area contributed by atoms with Crippen LogP contribution in [0.15, 0.2) is 12.4 Å². The molecule has 1 aromatic heterocycles. The molecule has 98 valence electrons. The number of nitrogens with zero attached hydrogens (tertiary/aromatic N) is 2. The van der Waals surface area contributed by atoms with Crippen molar-refractivity contribution in [1.29, 1.82) is 0 Å². The molecule has 0 bridgehead atoms. The first-order valence-electron chi connectivity index (χ1n) is 6.18. The van der Waals surface area contributed by atoms with Crippen molar-refractivity contribution in [2.24, 2.45) is 0 Å². The van der Waals surface area contributed by atoms with Crippen LogP contribution < -0.4 is 10.1 Å². The highest BCUT2D eigenvalue weighted by Gasteiger charge is 2.10. The molecule has 0 aliphatic heterocycles. The highest BCUT2D eigenvalue weighted by molar-refractivity contribution is 5.12. The maximum absolute atomic E-state index is 5.81. The van der Waals surface area contributed by atoms with Crippen LogP contribution in [0.25, 0.3) is 0 Å². The molecule has 0 aromatic carbocycles. The first-order chi connectivity index (χ1) is 8.30. The Hall–Kier alpha value is -1.07. The van der Waals surface area contributed by atoms with Gasteiger partial charge in [-0.05, 0) is 13.0 Å². The van der Waals surface area contributed by atoms with Crippen molar-refractivity contribution >= 4 is 0 Å². The van der Waals surface area contributed by atoms with E-state index in [1.807, 2.05) is 10.9 Å². The molecule has 0 spiro atoms. The van der Waals surface area contributed by atoms with Gasteiger partial charge in [0.15, 0.2) is 5.75 Å². The minimum Gasteiger partial charge on any atom is -0.483 e. The van der Waals surface area contributed by atoms with E-state index in [0.29, 0.717) is 6.61 Å². The van der Waals surface area contributed by atoms with Gasteiger partial charge in [0.25, 0.3) is 0 Å². The van der Waals surface area contributed by atoms with Crippen LogP contribution in [0, 0.1) is 0 Å². The Morgan fingerprint density at radius 3 is 2.94 bits per heavy atom. The second-order valence-electron chi connectivity index (χ2n) is 3.94. The van der Waals surface area contributed by atoms with Crippen LogP contribution >= 0.6 is 0 Å². The summed E-state index contributed by atoms with van der Waals surface area (Å²) in [5.41, 5.74) is 0. The number of likely N-dealkylation sites (N-methyl/N-ethyl adjacent to an activating group) is 1. The van der Waals surface area contributed by atoms with Gasteiger partial charge in [0.1, 0.15) is 6.10 Å². The minimum atomic E-state index is 0.0271. The van der Waals surface area contributed by atoms with Crippen molar-refractivity contribution in [3.05, 3.63) is 12.4 Å². The van der Waals surface area contributed by atoms with E-state index < -0.39 is 0 Å². The smallest absolute Gasteiger partial charge is 0.157 e. The number of nitrogens with one attached hydrogen (secondary N) is 1. The van der Waals surface area contributed by atoms with Gasteiger partial charge in [0.2, 0.25) is 0 Å². The minimum absolute atomic E-state index is 0.0271. The zero-order chi connectivity index (χ0) is 12.5. The van der Waals surface area contributed by atoms with E-state index in [1.54, 1.807) is 13.3 Å². The van der Waals surface area contributed by atoms with Crippen molar-refractivity contribution in [3.63, 3.8) is 0 Å². The van der Waals surface area contributed by atoms with Crippen LogP contribution in [-0.4, -0.2) is 42.7 Å². The lowest BCUT2D eigenvalue weighted by molar-refractivity contribution is 0.0809. The molecule has 1 atom stereocenters. The van der Waals surface area contributed by atoms with Gasteiger partial charge < -0.3 is 14.8 Å². The van der Waals surface area contributed by atoms with Crippen LogP contribution in [0.2, 0.25) is 0 Å². The Labute approximate surface area is 103 Å². The van der Waals surface area contributed by atoms with Crippen LogP contribution in [0.4, 0.5) is 0 Å². The number of ether oxygens (including phenoxy) is 2. The molecule has 0 radical (unpaired) electrons. The summed E-state index contributed by atoms with van der Waals surface area (Å²) < 4.78 is 12.8. The first-order valence-corrected chi connectivity index (χ1v) is 6.18. The Bertz CT molecular complexity index is 302. The molecule has 5 heteroatoms. The molecule has 17 heavy (non-hydrogen) atoms. The lowest BCUT2D eigenvalue weighted by Gasteiger charge is -2.17. The maximum Gasteiger partial charge on any atom is 0.157 e. The van der Waals surface area contributed by atoms with Gasteiger partial charge in [0.05, 0.1) is 19.0 Å². The highest BCUT2D eigenvalue weighted by Crippen LogP contribution is 2.11. The molecule has 1 unspecified atom stereocenters. The second-order valence-corrected chi connectivity index (χ2v) is 3.94. The summed E-state index contributed by atoms with van der Waals surface area (Å²) in [6.45, 7) is 7.41. The predicted octanol–water partition coefficient (Wildman–Crippen LogP) is 1.30. The van der Waals surface area contributed by atoms with Crippen LogP contribution in [-0.2, 0) is 11.3 Å². The number of methoxy groups -OCH3 is 1. The fraction of sp³-hybridized carbons (Fsp3) is 0.750. The van der Waals surface area contributed by atoms with Crippen molar-refractivity contribution in [2.75, 3.05) is 26.8 Å². The number of hydrogen-bond donors (Lipinski definition) is 1. The fourth-order valence-electron chi connectivity index (χ4n) is 1.58. The number of aromatic nitrogens is 2. The standard InChI is InChI=1S/C12H23N3O2/c1-4-6-15-9-11(8-14-15)17-12(10-16-3)7-13-5-2/h8-9,12-13H,4-7,10H2,1-3H3. The molecule has 5 nitrogen and oxygen atoms in total. The maximum atomic E-state index is 5.81. The molecule has 0 amide bonds. The highest BCUT2D eigenvalue weighted by atomic mass is 16.5. The van der Waals surface area contributed by atoms with Crippen molar-refractivity contribution < 1.29 is 9.47 Å². The van der Waals surface area contributed by atoms with Crippen LogP contribution in [0.3, 0.4) is 0 Å². The molecule has 1 heterocycles. The largest absolute Gasteiger partial charge is 0.483 e. The monoisotopic (exact) mass is 241 g/mol. The van der Waals surface area contributed by atoms with Gasteiger partial charge in [-0.1, -0.05) is 13.8 Å². The third-order valence-electron chi connectivity index (χ3n) is 2.34. The van der Waals surface area contributed by atoms with E-state index in [2.05, 4.69) is 24.3 Å². The number of hydrogen-bond acceptors (Lipinski definition) is 4. The van der Waals surface area contributed by atoms with Crippen molar-refractivity contribution in [3.8, 4) is 5.75 Å². The fourth-order valence-corrected chi connectivity index (χ4v) is 1.58. The Morgan fingerprint density at radius 1 is 1.47 bits per heavy atom. The summed E-state index contributed by atoms with van der Waals surface area (Å²) in [5.74, 6) is 0.804. The molecular formula is C12H23N3O2. The van der Waals surface area contributed by atoms with E-state index >= 15 is 0 Å². The van der Waals surface area contributed by atoms with Gasteiger partial charge in [0, 0.05) is 20.2 Å². The van der Waals surface area contributed by atoms with E-state index in [9.17, 15) is 0 Å². The normalized spacial score (nSPS) is 12.6. The van der Waals surface area contributed by atoms with Gasteiger partial charge in [-0.15, -0.1) is 0 Å². The van der Waals surface area contributed by atoms with Crippen molar-refractivity contribution in [1.82, 2.24) is 15.1 Å². The van der Waals surface area contributed by atoms with E-state index in [4.69, 9.17) is 9.47 Å². The lowest BCUT2D eigenvalue weighted by Crippen LogP contribution is -2.34. The summed E-state index contributed by atoms with van der Waals surface area (Å²) in [5, 5.41) is 7.48. The summed E-state index contributed by atoms with van der Waals surface area (Å²) >= 11 is 0. The average Bonchev–Trinajstić information content (AvgIpc) is 2.74. The zero-order valence-electron chi connectivity index (χ0n) is 11.0. The van der Waals surface area contributed by atoms with E-state index in [0.717, 1.165) is 31.8 Å². The molecular weight excluding hydrogens is 218 g/mol. The molecule has 0 saturated heterocycles. The van der Waals surface area contributed by atoms with Crippen molar-refractivity contribution in [2.45, 2.75) is 32.9 Å². The SMILES string of the molecule is CCCn1cc(OC(CNCC)COC)cn1. The van der Waals surface area contributed by atoms with Gasteiger partial charge in [-0.2, -0.15) is 5.10 Å². The molecule has 0 aliphatic carbocycles. The van der Waals surface area contributed by atoms with Gasteiger partial charge in [-0.3, -0.25) is 4.68 Å². The van der Waals surface area contributed by atoms with Crippen LogP contribution in [0.1, 0.15) is 20.3 Å². The summed E-state index contributed by atoms with van der Waals surface area (Å²) in [4.78, 5) is 0. The zero-order valence-corrected chi connectivity index (χ0v) is 11.0. The molecule has 0 fully saturated rings.